The van der Waals surface area contributed by atoms with Gasteiger partial charge in [0.25, 0.3) is 5.91 Å². The molecule has 0 spiro atoms. The van der Waals surface area contributed by atoms with Crippen LogP contribution in [0.15, 0.2) is 12.3 Å². The Morgan fingerprint density at radius 3 is 3.00 bits per heavy atom. The second-order valence-electron chi connectivity index (χ2n) is 2.95. The lowest BCUT2D eigenvalue weighted by molar-refractivity contribution is 0.0932. The van der Waals surface area contributed by atoms with E-state index < -0.39 is 0 Å². The molecule has 0 aliphatic heterocycles. The summed E-state index contributed by atoms with van der Waals surface area (Å²) >= 11 is 0. The summed E-state index contributed by atoms with van der Waals surface area (Å²) < 4.78 is 1.53. The molecule has 5 nitrogen and oxygen atoms in total. The van der Waals surface area contributed by atoms with Gasteiger partial charge in [-0.05, 0) is 13.0 Å². The maximum Gasteiger partial charge on any atom is 0.269 e. The molecular weight excluding hydrogens is 168 g/mol. The van der Waals surface area contributed by atoms with Crippen LogP contribution in [-0.2, 0) is 7.05 Å². The first kappa shape index (κ1) is 9.73. The number of hydrogen-bond donors (Lipinski definition) is 2. The van der Waals surface area contributed by atoms with Gasteiger partial charge in [-0.15, -0.1) is 0 Å². The van der Waals surface area contributed by atoms with Gasteiger partial charge >= 0.3 is 0 Å². The van der Waals surface area contributed by atoms with E-state index in [1.807, 2.05) is 6.92 Å². The molecule has 5 heteroatoms. The number of amides is 1. The van der Waals surface area contributed by atoms with Crippen molar-refractivity contribution >= 4 is 5.91 Å². The summed E-state index contributed by atoms with van der Waals surface area (Å²) in [6.45, 7) is 2.29. The van der Waals surface area contributed by atoms with Crippen molar-refractivity contribution in [3.8, 4) is 0 Å². The van der Waals surface area contributed by atoms with Crippen molar-refractivity contribution in [3.63, 3.8) is 0 Å². The van der Waals surface area contributed by atoms with E-state index in [2.05, 4.69) is 10.4 Å². The normalized spacial score (nSPS) is 12.5. The number of nitrogens with two attached hydrogens (primary N) is 1. The zero-order chi connectivity index (χ0) is 9.84. The molecule has 1 amide bonds. The van der Waals surface area contributed by atoms with Crippen molar-refractivity contribution < 1.29 is 4.79 Å². The topological polar surface area (TPSA) is 72.9 Å². The third kappa shape index (κ3) is 2.29. The molecule has 0 saturated carbocycles. The Bertz CT molecular complexity index is 294. The van der Waals surface area contributed by atoms with Crippen LogP contribution in [0.4, 0.5) is 0 Å². The maximum atomic E-state index is 11.5. The predicted octanol–water partition coefficient (Wildman–Crippen LogP) is -0.503. The molecule has 0 radical (unpaired) electrons. The molecule has 0 aliphatic rings. The van der Waals surface area contributed by atoms with Gasteiger partial charge in [0, 0.05) is 25.8 Å². The Labute approximate surface area is 76.9 Å². The summed E-state index contributed by atoms with van der Waals surface area (Å²) in [7, 11) is 1.72. The van der Waals surface area contributed by atoms with Crippen LogP contribution < -0.4 is 11.1 Å². The van der Waals surface area contributed by atoms with E-state index in [4.69, 9.17) is 5.73 Å². The molecule has 1 rings (SSSR count). The molecule has 1 atom stereocenters. The molecule has 1 heterocycles. The number of hydrogen-bond acceptors (Lipinski definition) is 3. The molecule has 0 aliphatic carbocycles. The average molecular weight is 182 g/mol. The molecule has 0 bridgehead atoms. The van der Waals surface area contributed by atoms with Crippen LogP contribution in [-0.4, -0.2) is 28.3 Å². The molecule has 13 heavy (non-hydrogen) atoms. The van der Waals surface area contributed by atoms with E-state index in [9.17, 15) is 4.79 Å². The molecule has 0 saturated heterocycles. The highest BCUT2D eigenvalue weighted by molar-refractivity contribution is 5.92. The number of nitrogens with one attached hydrogen (secondary N) is 1. The van der Waals surface area contributed by atoms with Gasteiger partial charge in [0.15, 0.2) is 0 Å². The van der Waals surface area contributed by atoms with Crippen molar-refractivity contribution in [2.24, 2.45) is 12.8 Å². The molecule has 1 aromatic heterocycles. The first-order valence-corrected chi connectivity index (χ1v) is 4.14. The van der Waals surface area contributed by atoms with Crippen LogP contribution >= 0.6 is 0 Å². The molecular formula is C8H14N4O. The minimum Gasteiger partial charge on any atom is -0.347 e. The highest BCUT2D eigenvalue weighted by atomic mass is 16.2. The number of aromatic nitrogens is 2. The van der Waals surface area contributed by atoms with Crippen molar-refractivity contribution in [2.75, 3.05) is 6.54 Å². The maximum absolute atomic E-state index is 11.5. The molecule has 1 aromatic rings. The summed E-state index contributed by atoms with van der Waals surface area (Å²) in [6, 6.07) is 1.65. The van der Waals surface area contributed by atoms with Gasteiger partial charge in [-0.1, -0.05) is 0 Å². The lowest BCUT2D eigenvalue weighted by atomic mass is 10.3. The minimum absolute atomic E-state index is 0.0117. The van der Waals surface area contributed by atoms with E-state index in [0.717, 1.165) is 0 Å². The van der Waals surface area contributed by atoms with Crippen LogP contribution in [0.3, 0.4) is 0 Å². The van der Waals surface area contributed by atoms with E-state index in [1.54, 1.807) is 19.3 Å². The number of aryl methyl sites for hydroxylation is 1. The Morgan fingerprint density at radius 1 is 1.85 bits per heavy atom. The molecule has 0 unspecified atom stereocenters. The summed E-state index contributed by atoms with van der Waals surface area (Å²) in [4.78, 5) is 11.5. The Morgan fingerprint density at radius 2 is 2.54 bits per heavy atom. The molecule has 3 N–H and O–H groups in total. The predicted molar refractivity (Wildman–Crippen MR) is 49.2 cm³/mol. The number of rotatable bonds is 3. The van der Waals surface area contributed by atoms with Gasteiger partial charge in [-0.25, -0.2) is 0 Å². The lowest BCUT2D eigenvalue weighted by Crippen LogP contribution is -2.38. The Hall–Kier alpha value is -1.36. The van der Waals surface area contributed by atoms with Crippen molar-refractivity contribution in [3.05, 3.63) is 18.0 Å². The largest absolute Gasteiger partial charge is 0.347 e. The van der Waals surface area contributed by atoms with Crippen LogP contribution in [0.5, 0.6) is 0 Å². The fourth-order valence-electron chi connectivity index (χ4n) is 0.953. The third-order valence-corrected chi connectivity index (χ3v) is 1.78. The highest BCUT2D eigenvalue weighted by Crippen LogP contribution is 1.96. The van der Waals surface area contributed by atoms with Crippen LogP contribution in [0.1, 0.15) is 17.4 Å². The van der Waals surface area contributed by atoms with Crippen molar-refractivity contribution in [2.45, 2.75) is 13.0 Å². The number of carbonyl (C=O) groups excluding carboxylic acids is 1. The second-order valence-corrected chi connectivity index (χ2v) is 2.95. The zero-order valence-electron chi connectivity index (χ0n) is 7.82. The molecule has 0 aromatic carbocycles. The monoisotopic (exact) mass is 182 g/mol. The summed E-state index contributed by atoms with van der Waals surface area (Å²) in [5, 5.41) is 6.64. The van der Waals surface area contributed by atoms with Gasteiger partial charge in [-0.3, -0.25) is 9.48 Å². The van der Waals surface area contributed by atoms with E-state index in [-0.39, 0.29) is 11.9 Å². The van der Waals surface area contributed by atoms with Crippen molar-refractivity contribution in [1.82, 2.24) is 15.1 Å². The molecule has 0 fully saturated rings. The zero-order valence-corrected chi connectivity index (χ0v) is 7.82. The standard InChI is InChI=1S/C8H14N4O/c1-6(5-9)11-8(13)7-3-4-10-12(7)2/h3-4,6H,5,9H2,1-2H3,(H,11,13)/t6-/m0/s1. The van der Waals surface area contributed by atoms with Gasteiger partial charge in [0.2, 0.25) is 0 Å². The average Bonchev–Trinajstić information content (AvgIpc) is 2.51. The van der Waals surface area contributed by atoms with E-state index in [1.165, 1.54) is 4.68 Å². The van der Waals surface area contributed by atoms with E-state index in [0.29, 0.717) is 12.2 Å². The van der Waals surface area contributed by atoms with Gasteiger partial charge in [0.1, 0.15) is 5.69 Å². The number of carbonyl (C=O) groups is 1. The van der Waals surface area contributed by atoms with Crippen LogP contribution in [0.2, 0.25) is 0 Å². The summed E-state index contributed by atoms with van der Waals surface area (Å²) in [6.07, 6.45) is 1.59. The minimum atomic E-state index is -0.141. The van der Waals surface area contributed by atoms with Crippen LogP contribution in [0, 0.1) is 0 Å². The smallest absolute Gasteiger partial charge is 0.269 e. The Balaban J connectivity index is 2.64. The van der Waals surface area contributed by atoms with Gasteiger partial charge in [0.05, 0.1) is 0 Å². The lowest BCUT2D eigenvalue weighted by Gasteiger charge is -2.10. The second kappa shape index (κ2) is 4.04. The summed E-state index contributed by atoms with van der Waals surface area (Å²) in [5.41, 5.74) is 5.92. The third-order valence-electron chi connectivity index (χ3n) is 1.78. The number of nitrogens with zero attached hydrogens (tertiary/aromatic N) is 2. The Kier molecular flexibility index (Phi) is 3.02. The first-order valence-electron chi connectivity index (χ1n) is 4.14. The van der Waals surface area contributed by atoms with Gasteiger partial charge < -0.3 is 11.1 Å². The summed E-state index contributed by atoms with van der Waals surface area (Å²) in [5.74, 6) is -0.141. The van der Waals surface area contributed by atoms with E-state index >= 15 is 0 Å². The van der Waals surface area contributed by atoms with Gasteiger partial charge in [-0.2, -0.15) is 5.10 Å². The highest BCUT2D eigenvalue weighted by Gasteiger charge is 2.11. The van der Waals surface area contributed by atoms with Crippen molar-refractivity contribution in [1.29, 1.82) is 0 Å². The fourth-order valence-corrected chi connectivity index (χ4v) is 0.953. The molecule has 72 valence electrons. The SMILES string of the molecule is C[C@@H](CN)NC(=O)c1ccnn1C. The quantitative estimate of drug-likeness (QED) is 0.661. The fraction of sp³-hybridized carbons (Fsp3) is 0.500. The first-order chi connectivity index (χ1) is 6.15. The van der Waals surface area contributed by atoms with Crippen LogP contribution in [0.25, 0.3) is 0 Å².